The third-order valence-corrected chi connectivity index (χ3v) is 10.7. The Morgan fingerprint density at radius 2 is 1.64 bits per heavy atom. The molecule has 0 spiro atoms. The summed E-state index contributed by atoms with van der Waals surface area (Å²) in [5, 5.41) is 2.94. The molecule has 6 rings (SSSR count). The Balaban J connectivity index is 1.36. The largest absolute Gasteiger partial charge is 0.462 e. The zero-order chi connectivity index (χ0) is 31.1. The van der Waals surface area contributed by atoms with Crippen LogP contribution in [0.15, 0.2) is 87.1 Å². The van der Waals surface area contributed by atoms with Crippen LogP contribution in [0.4, 0.5) is 11.4 Å². The van der Waals surface area contributed by atoms with Crippen molar-refractivity contribution in [1.29, 1.82) is 0 Å². The maximum Gasteiger partial charge on any atom is 0.338 e. The average molecular weight is 713 g/mol. The van der Waals surface area contributed by atoms with Crippen LogP contribution in [-0.2, 0) is 25.7 Å². The van der Waals surface area contributed by atoms with Crippen LogP contribution in [-0.4, -0.2) is 40.1 Å². The van der Waals surface area contributed by atoms with Gasteiger partial charge < -0.3 is 10.1 Å². The molecule has 0 saturated carbocycles. The summed E-state index contributed by atoms with van der Waals surface area (Å²) in [5.74, 6) is -3.14. The van der Waals surface area contributed by atoms with Crippen molar-refractivity contribution in [3.63, 3.8) is 0 Å². The van der Waals surface area contributed by atoms with Crippen molar-refractivity contribution < 1.29 is 23.9 Å². The molecule has 3 aromatic carbocycles. The van der Waals surface area contributed by atoms with Gasteiger partial charge in [-0.3, -0.25) is 23.7 Å². The highest BCUT2D eigenvalue weighted by atomic mass is 79.9. The first-order chi connectivity index (χ1) is 21.2. The van der Waals surface area contributed by atoms with E-state index in [1.807, 2.05) is 24.3 Å². The molecule has 3 unspecified atom stereocenters. The van der Waals surface area contributed by atoms with Gasteiger partial charge in [-0.15, -0.1) is 0 Å². The number of fused-ring (bicyclic) bond motifs is 2. The minimum atomic E-state index is -0.840. The van der Waals surface area contributed by atoms with Gasteiger partial charge in [0.2, 0.25) is 17.7 Å². The molecule has 3 atom stereocenters. The smallest absolute Gasteiger partial charge is 0.338 e. The second-order valence-electron chi connectivity index (χ2n) is 10.1. The van der Waals surface area contributed by atoms with Crippen LogP contribution in [0, 0.1) is 5.92 Å². The highest BCUT2D eigenvalue weighted by molar-refractivity contribution is 9.10. The maximum absolute atomic E-state index is 14.1. The highest BCUT2D eigenvalue weighted by Crippen LogP contribution is 2.54. The number of imide groups is 1. The summed E-state index contributed by atoms with van der Waals surface area (Å²) in [6.07, 6.45) is 0. The number of thiazole rings is 1. The van der Waals surface area contributed by atoms with Crippen molar-refractivity contribution in [3.8, 4) is 0 Å². The van der Waals surface area contributed by atoms with Gasteiger partial charge in [0.05, 0.1) is 28.8 Å². The van der Waals surface area contributed by atoms with Gasteiger partial charge in [0.1, 0.15) is 11.8 Å². The number of anilines is 2. The molecular weight excluding hydrogens is 690 g/mol. The van der Waals surface area contributed by atoms with Crippen molar-refractivity contribution in [3.05, 3.63) is 108 Å². The third kappa shape index (κ3) is 5.63. The zero-order valence-electron chi connectivity index (χ0n) is 23.0. The number of benzene rings is 3. The number of hydrogen-bond donors (Lipinski definition) is 1. The fraction of sp³-hybridized carbons (Fsp3) is 0.194. The highest BCUT2D eigenvalue weighted by Gasteiger charge is 2.56. The molecule has 3 heterocycles. The molecule has 1 N–H and O–H groups in total. The summed E-state index contributed by atoms with van der Waals surface area (Å²) in [6, 6.07) is 20.2. The molecule has 3 amide bonds. The number of nitrogens with zero attached hydrogens (tertiary/aromatic N) is 2. The van der Waals surface area contributed by atoms with Crippen molar-refractivity contribution in [2.24, 2.45) is 5.92 Å². The van der Waals surface area contributed by atoms with Crippen molar-refractivity contribution >= 4 is 85.7 Å². The van der Waals surface area contributed by atoms with E-state index in [0.717, 1.165) is 38.0 Å². The number of nitrogens with one attached hydrogen (secondary N) is 1. The Morgan fingerprint density at radius 1 is 0.955 bits per heavy atom. The summed E-state index contributed by atoms with van der Waals surface area (Å²) in [4.78, 5) is 67.9. The van der Waals surface area contributed by atoms with E-state index in [1.54, 1.807) is 43.3 Å². The van der Waals surface area contributed by atoms with Crippen LogP contribution in [0.5, 0.6) is 0 Å². The van der Waals surface area contributed by atoms with E-state index >= 15 is 0 Å². The molecule has 0 aliphatic carbocycles. The maximum atomic E-state index is 14.1. The second kappa shape index (κ2) is 12.4. The number of thioether (sulfide) groups is 1. The van der Waals surface area contributed by atoms with E-state index < -0.39 is 40.8 Å². The van der Waals surface area contributed by atoms with E-state index in [2.05, 4.69) is 21.2 Å². The SMILES string of the molecule is CCOC(=O)c1ccc(N2C(=O)C3Sc4c(sc(=O)n4CC(=O)Nc4ccc(Cl)cc4)C(c4ccc(Br)cc4)C3C2=O)cc1. The lowest BCUT2D eigenvalue weighted by Gasteiger charge is -2.30. The molecule has 224 valence electrons. The molecule has 2 aliphatic rings. The Morgan fingerprint density at radius 3 is 2.30 bits per heavy atom. The summed E-state index contributed by atoms with van der Waals surface area (Å²) in [7, 11) is 0. The standard InChI is InChI=1S/C31H23BrClN3O6S2/c1-2-42-30(40)17-5-13-21(14-6-17)36-27(38)24-23(16-3-7-18(32)8-4-16)26-29(43-25(24)28(36)39)35(31(41)44-26)15-22(37)34-20-11-9-19(33)10-12-20/h3-14,23-25H,2,15H2,1H3,(H,34,37). The number of aromatic nitrogens is 1. The van der Waals surface area contributed by atoms with Crippen LogP contribution in [0.3, 0.4) is 0 Å². The van der Waals surface area contributed by atoms with Crippen molar-refractivity contribution in [2.75, 3.05) is 16.8 Å². The van der Waals surface area contributed by atoms with Crippen LogP contribution >= 0.6 is 50.6 Å². The number of halogens is 2. The first kappa shape index (κ1) is 30.3. The summed E-state index contributed by atoms with van der Waals surface area (Å²) in [6.45, 7) is 1.66. The molecule has 4 aromatic rings. The molecule has 13 heteroatoms. The summed E-state index contributed by atoms with van der Waals surface area (Å²) in [5.41, 5.74) is 1.93. The van der Waals surface area contributed by atoms with Gasteiger partial charge in [-0.05, 0) is 73.2 Å². The van der Waals surface area contributed by atoms with Crippen molar-refractivity contribution in [1.82, 2.24) is 4.57 Å². The minimum absolute atomic E-state index is 0.222. The van der Waals surface area contributed by atoms with E-state index in [-0.39, 0.29) is 18.0 Å². The number of carbonyl (C=O) groups is 4. The summed E-state index contributed by atoms with van der Waals surface area (Å²) >= 11 is 11.5. The minimum Gasteiger partial charge on any atom is -0.462 e. The van der Waals surface area contributed by atoms with E-state index in [9.17, 15) is 24.0 Å². The van der Waals surface area contributed by atoms with Gasteiger partial charge in [0.25, 0.3) is 0 Å². The van der Waals surface area contributed by atoms with E-state index in [4.69, 9.17) is 16.3 Å². The lowest BCUT2D eigenvalue weighted by Crippen LogP contribution is -2.33. The molecule has 1 fully saturated rings. The average Bonchev–Trinajstić information content (AvgIpc) is 3.45. The molecule has 1 saturated heterocycles. The predicted octanol–water partition coefficient (Wildman–Crippen LogP) is 5.94. The number of carbonyl (C=O) groups excluding carboxylic acids is 4. The Bertz CT molecular complexity index is 1840. The molecule has 0 radical (unpaired) electrons. The molecule has 9 nitrogen and oxygen atoms in total. The normalized spacial score (nSPS) is 19.0. The Labute approximate surface area is 273 Å². The molecule has 44 heavy (non-hydrogen) atoms. The van der Waals surface area contributed by atoms with Crippen LogP contribution in [0.1, 0.15) is 33.6 Å². The molecular formula is C31H23BrClN3O6S2. The topological polar surface area (TPSA) is 115 Å². The number of hydrogen-bond acceptors (Lipinski definition) is 8. The monoisotopic (exact) mass is 711 g/mol. The zero-order valence-corrected chi connectivity index (χ0v) is 27.0. The summed E-state index contributed by atoms with van der Waals surface area (Å²) < 4.78 is 7.25. The number of amides is 3. The molecule has 2 aliphatic heterocycles. The predicted molar refractivity (Wildman–Crippen MR) is 173 cm³/mol. The lowest BCUT2D eigenvalue weighted by atomic mass is 9.83. The first-order valence-corrected chi connectivity index (χ1v) is 16.4. The van der Waals surface area contributed by atoms with Gasteiger partial charge in [-0.2, -0.15) is 0 Å². The molecule has 0 bridgehead atoms. The van der Waals surface area contributed by atoms with Gasteiger partial charge in [-0.1, -0.05) is 62.8 Å². The Kier molecular flexibility index (Phi) is 8.51. The van der Waals surface area contributed by atoms with Gasteiger partial charge in [0, 0.05) is 26.0 Å². The van der Waals surface area contributed by atoms with Crippen LogP contribution < -0.4 is 15.1 Å². The van der Waals surface area contributed by atoms with Crippen LogP contribution in [0.25, 0.3) is 0 Å². The molecule has 1 aromatic heterocycles. The van der Waals surface area contributed by atoms with E-state index in [1.165, 1.54) is 16.7 Å². The number of rotatable bonds is 7. The third-order valence-electron chi connectivity index (χ3n) is 7.34. The first-order valence-electron chi connectivity index (χ1n) is 13.5. The van der Waals surface area contributed by atoms with E-state index in [0.29, 0.717) is 31.9 Å². The quantitative estimate of drug-likeness (QED) is 0.187. The second-order valence-corrected chi connectivity index (χ2v) is 13.5. The van der Waals surface area contributed by atoms with Gasteiger partial charge >= 0.3 is 10.8 Å². The van der Waals surface area contributed by atoms with Gasteiger partial charge in [-0.25, -0.2) is 9.69 Å². The number of ether oxygens (including phenoxy) is 1. The number of esters is 1. The Hall–Kier alpha value is -3.71. The van der Waals surface area contributed by atoms with Gasteiger partial charge in [0.15, 0.2) is 0 Å². The fourth-order valence-electron chi connectivity index (χ4n) is 5.38. The van der Waals surface area contributed by atoms with Crippen molar-refractivity contribution in [2.45, 2.75) is 29.7 Å². The fourth-order valence-corrected chi connectivity index (χ4v) is 8.54. The van der Waals surface area contributed by atoms with Crippen LogP contribution in [0.2, 0.25) is 5.02 Å². The lowest BCUT2D eigenvalue weighted by molar-refractivity contribution is -0.122.